The molecule has 1 aliphatic carbocycles. The number of carboxylic acids is 1. The van der Waals surface area contributed by atoms with Gasteiger partial charge < -0.3 is 14.7 Å². The van der Waals surface area contributed by atoms with Crippen molar-refractivity contribution in [2.45, 2.75) is 51.1 Å². The van der Waals surface area contributed by atoms with Crippen LogP contribution in [0.15, 0.2) is 72.8 Å². The van der Waals surface area contributed by atoms with Crippen molar-refractivity contribution in [2.24, 2.45) is 0 Å². The highest BCUT2D eigenvalue weighted by molar-refractivity contribution is 5.95. The van der Waals surface area contributed by atoms with Crippen LogP contribution in [0, 0.1) is 5.82 Å². The Balaban J connectivity index is 1.45. The van der Waals surface area contributed by atoms with Gasteiger partial charge in [-0.05, 0) is 73.6 Å². The molecule has 182 valence electrons. The number of para-hydroxylation sites is 1. The number of hydrogen-bond acceptors (Lipinski definition) is 3. The quantitative estimate of drug-likeness (QED) is 0.311. The van der Waals surface area contributed by atoms with Crippen LogP contribution >= 0.6 is 0 Å². The first kappa shape index (κ1) is 23.1. The third-order valence-corrected chi connectivity index (χ3v) is 5.97. The number of amides is 1. The molecule has 0 heterocycles. The highest BCUT2D eigenvalue weighted by Gasteiger charge is 2.33. The third kappa shape index (κ3) is 6.92. The van der Waals surface area contributed by atoms with Gasteiger partial charge in [-0.15, -0.1) is 0 Å². The fourth-order valence-electron chi connectivity index (χ4n) is 3.88. The first-order valence-corrected chi connectivity index (χ1v) is 12.0. The minimum atomic E-state index is -0.912. The Bertz CT molecular complexity index is 1180. The van der Waals surface area contributed by atoms with Crippen molar-refractivity contribution in [3.63, 3.8) is 0 Å². The van der Waals surface area contributed by atoms with Crippen molar-refractivity contribution in [3.05, 3.63) is 89.7 Å². The van der Waals surface area contributed by atoms with Crippen molar-refractivity contribution < 1.29 is 25.2 Å². The number of carbonyl (C=O) groups is 2. The van der Waals surface area contributed by atoms with Crippen LogP contribution < -0.4 is 4.74 Å². The maximum Gasteiger partial charge on any atom is 0.303 e. The van der Waals surface area contributed by atoms with E-state index in [-0.39, 0.29) is 24.2 Å². The van der Waals surface area contributed by atoms with Crippen LogP contribution in [-0.2, 0) is 11.3 Å². The number of aliphatic carboxylic acids is 1. The van der Waals surface area contributed by atoms with E-state index < -0.39 is 12.5 Å². The molecule has 0 spiro atoms. The maximum atomic E-state index is 13.5. The molecule has 1 fully saturated rings. The Morgan fingerprint density at radius 1 is 0.943 bits per heavy atom. The van der Waals surface area contributed by atoms with Crippen molar-refractivity contribution in [2.75, 3.05) is 6.61 Å². The van der Waals surface area contributed by atoms with Gasteiger partial charge in [-0.2, -0.15) is 0 Å². The summed E-state index contributed by atoms with van der Waals surface area (Å²) in [7, 11) is 0. The summed E-state index contributed by atoms with van der Waals surface area (Å²) in [6, 6.07) is 20.7. The van der Waals surface area contributed by atoms with Gasteiger partial charge in [0.05, 0.1) is 7.98 Å². The molecule has 3 aromatic rings. The molecule has 35 heavy (non-hydrogen) atoms. The second-order valence-electron chi connectivity index (χ2n) is 8.75. The van der Waals surface area contributed by atoms with Crippen LogP contribution in [0.1, 0.15) is 55.8 Å². The minimum absolute atomic E-state index is 0.0147. The van der Waals surface area contributed by atoms with Crippen LogP contribution in [0.4, 0.5) is 4.39 Å². The first-order chi connectivity index (χ1) is 17.4. The standard InChI is InChI=1S/C29H30FNO4/c30-25-15-13-22(14-16-25)21-9-11-23(12-10-21)29(34)31(26-17-18-26)20-24-6-3-4-7-27(24)35-19-5-1-2-8-28(32)33/h3-4,6-7,9-16,26H,1-2,5,8,17-20H2,(H,32,33)/i20D. The lowest BCUT2D eigenvalue weighted by molar-refractivity contribution is -0.137. The molecule has 1 saturated carbocycles. The fourth-order valence-corrected chi connectivity index (χ4v) is 3.88. The molecular weight excluding hydrogens is 445 g/mol. The number of nitrogens with zero attached hydrogens (tertiary/aromatic N) is 1. The average Bonchev–Trinajstić information content (AvgIpc) is 3.72. The lowest BCUT2D eigenvalue weighted by Crippen LogP contribution is -2.32. The smallest absolute Gasteiger partial charge is 0.303 e. The molecule has 0 aromatic heterocycles. The zero-order valence-corrected chi connectivity index (χ0v) is 19.5. The van der Waals surface area contributed by atoms with Crippen LogP contribution in [0.2, 0.25) is 0 Å². The summed E-state index contributed by atoms with van der Waals surface area (Å²) in [4.78, 5) is 25.8. The molecule has 6 heteroatoms. The number of unbranched alkanes of at least 4 members (excludes halogenated alkanes) is 2. The predicted molar refractivity (Wildman–Crippen MR) is 133 cm³/mol. The zero-order valence-electron chi connectivity index (χ0n) is 20.5. The first-order valence-electron chi connectivity index (χ1n) is 12.6. The molecule has 1 amide bonds. The summed E-state index contributed by atoms with van der Waals surface area (Å²) in [5.74, 6) is -0.727. The van der Waals surface area contributed by atoms with E-state index in [4.69, 9.17) is 11.2 Å². The van der Waals surface area contributed by atoms with Crippen molar-refractivity contribution in [3.8, 4) is 16.9 Å². The van der Waals surface area contributed by atoms with Gasteiger partial charge in [0, 0.05) is 30.1 Å². The Labute approximate surface area is 206 Å². The van der Waals surface area contributed by atoms with E-state index in [1.807, 2.05) is 30.3 Å². The molecule has 3 aromatic carbocycles. The fraction of sp³-hybridized carbons (Fsp3) is 0.310. The zero-order chi connectivity index (χ0) is 25.5. The summed E-state index contributed by atoms with van der Waals surface area (Å²) < 4.78 is 28.2. The summed E-state index contributed by atoms with van der Waals surface area (Å²) in [5.41, 5.74) is 2.88. The van der Waals surface area contributed by atoms with Crippen molar-refractivity contribution >= 4 is 11.9 Å². The number of benzene rings is 3. The van der Waals surface area contributed by atoms with Gasteiger partial charge in [-0.1, -0.05) is 42.5 Å². The molecule has 0 bridgehead atoms. The number of halogens is 1. The van der Waals surface area contributed by atoms with Gasteiger partial charge in [0.15, 0.2) is 0 Å². The predicted octanol–water partition coefficient (Wildman–Crippen LogP) is 6.32. The number of carbonyl (C=O) groups excluding carboxylic acids is 1. The molecule has 1 N–H and O–H groups in total. The summed E-state index contributed by atoms with van der Waals surface area (Å²) in [5, 5.41) is 8.75. The lowest BCUT2D eigenvalue weighted by atomic mass is 10.0. The van der Waals surface area contributed by atoms with Crippen molar-refractivity contribution in [1.82, 2.24) is 4.90 Å². The molecular formula is C29H30FNO4. The highest BCUT2D eigenvalue weighted by Crippen LogP contribution is 2.32. The summed E-state index contributed by atoms with van der Waals surface area (Å²) in [6.45, 7) is -0.490. The van der Waals surface area contributed by atoms with E-state index in [9.17, 15) is 14.0 Å². The molecule has 0 saturated heterocycles. The number of carboxylic acid groups (broad SMARTS) is 1. The average molecular weight is 477 g/mol. The second kappa shape index (κ2) is 11.6. The molecule has 1 unspecified atom stereocenters. The maximum absolute atomic E-state index is 13.5. The second-order valence-corrected chi connectivity index (χ2v) is 8.75. The van der Waals surface area contributed by atoms with Gasteiger partial charge in [0.25, 0.3) is 5.91 Å². The molecule has 1 atom stereocenters. The molecule has 4 rings (SSSR count). The summed E-state index contributed by atoms with van der Waals surface area (Å²) >= 11 is 0. The van der Waals surface area contributed by atoms with Gasteiger partial charge in [-0.25, -0.2) is 4.39 Å². The van der Waals surface area contributed by atoms with E-state index in [0.717, 1.165) is 36.8 Å². The Kier molecular flexibility index (Phi) is 7.68. The van der Waals surface area contributed by atoms with E-state index >= 15 is 0 Å². The van der Waals surface area contributed by atoms with Gasteiger partial charge in [-0.3, -0.25) is 9.59 Å². The van der Waals surface area contributed by atoms with Crippen LogP contribution in [0.3, 0.4) is 0 Å². The van der Waals surface area contributed by atoms with Gasteiger partial charge in [0.1, 0.15) is 11.6 Å². The molecule has 5 nitrogen and oxygen atoms in total. The van der Waals surface area contributed by atoms with E-state index in [1.165, 1.54) is 12.1 Å². The number of hydrogen-bond donors (Lipinski definition) is 1. The monoisotopic (exact) mass is 476 g/mol. The Morgan fingerprint density at radius 2 is 1.60 bits per heavy atom. The van der Waals surface area contributed by atoms with E-state index in [0.29, 0.717) is 29.9 Å². The third-order valence-electron chi connectivity index (χ3n) is 5.97. The Hall–Kier alpha value is -3.67. The van der Waals surface area contributed by atoms with Crippen LogP contribution in [-0.4, -0.2) is 34.5 Å². The molecule has 0 aliphatic heterocycles. The topological polar surface area (TPSA) is 66.8 Å². The SMILES string of the molecule is [2H]C(c1ccccc1OCCCCCC(=O)O)N(C(=O)c1ccc(-c2ccc(F)cc2)cc1)C1CC1. The molecule has 0 radical (unpaired) electrons. The normalized spacial score (nSPS) is 14.1. The van der Waals surface area contributed by atoms with Gasteiger partial charge >= 0.3 is 5.97 Å². The lowest BCUT2D eigenvalue weighted by Gasteiger charge is -2.24. The van der Waals surface area contributed by atoms with E-state index in [2.05, 4.69) is 0 Å². The van der Waals surface area contributed by atoms with Gasteiger partial charge in [0.2, 0.25) is 0 Å². The Morgan fingerprint density at radius 3 is 2.26 bits per heavy atom. The highest BCUT2D eigenvalue weighted by atomic mass is 19.1. The molecule has 1 aliphatic rings. The minimum Gasteiger partial charge on any atom is -0.493 e. The van der Waals surface area contributed by atoms with E-state index in [1.54, 1.807) is 35.2 Å². The summed E-state index contributed by atoms with van der Waals surface area (Å²) in [6.07, 6.45) is 3.94. The number of rotatable bonds is 12. The van der Waals surface area contributed by atoms with Crippen LogP contribution in [0.5, 0.6) is 5.75 Å². The number of ether oxygens (including phenoxy) is 1. The van der Waals surface area contributed by atoms with Crippen LogP contribution in [0.25, 0.3) is 11.1 Å². The largest absolute Gasteiger partial charge is 0.493 e. The van der Waals surface area contributed by atoms with Crippen molar-refractivity contribution in [1.29, 1.82) is 0 Å².